The van der Waals surface area contributed by atoms with Gasteiger partial charge in [-0.1, -0.05) is 60.7 Å². The van der Waals surface area contributed by atoms with Crippen LogP contribution >= 0.6 is 0 Å². The van der Waals surface area contributed by atoms with Crippen molar-refractivity contribution in [1.29, 1.82) is 0 Å². The van der Waals surface area contributed by atoms with Crippen molar-refractivity contribution in [3.63, 3.8) is 0 Å². The highest BCUT2D eigenvalue weighted by molar-refractivity contribution is 7.93. The van der Waals surface area contributed by atoms with E-state index in [1.165, 1.54) is 6.07 Å². The first-order valence-electron chi connectivity index (χ1n) is 8.61. The largest absolute Gasteiger partial charge is 0.289 e. The summed E-state index contributed by atoms with van der Waals surface area (Å²) in [6, 6.07) is 23.8. The first-order valence-corrected chi connectivity index (χ1v) is 10.1. The van der Waals surface area contributed by atoms with E-state index in [9.17, 15) is 13.2 Å². The van der Waals surface area contributed by atoms with Crippen LogP contribution in [0.2, 0.25) is 0 Å². The second-order valence-corrected chi connectivity index (χ2v) is 7.83. The zero-order valence-corrected chi connectivity index (χ0v) is 15.6. The van der Waals surface area contributed by atoms with Crippen molar-refractivity contribution in [1.82, 2.24) is 4.98 Å². The van der Waals surface area contributed by atoms with E-state index in [2.05, 4.69) is 9.71 Å². The molecule has 0 atom stereocenters. The van der Waals surface area contributed by atoms with Gasteiger partial charge in [-0.2, -0.15) is 0 Å². The second kappa shape index (κ2) is 7.25. The summed E-state index contributed by atoms with van der Waals surface area (Å²) >= 11 is 0. The van der Waals surface area contributed by atoms with Crippen molar-refractivity contribution in [2.24, 2.45) is 0 Å². The van der Waals surface area contributed by atoms with Crippen molar-refractivity contribution in [3.8, 4) is 0 Å². The molecule has 0 unspecified atom stereocenters. The van der Waals surface area contributed by atoms with Crippen LogP contribution in [0.1, 0.15) is 15.9 Å². The average Bonchev–Trinajstić information content (AvgIpc) is 2.73. The van der Waals surface area contributed by atoms with Crippen LogP contribution in [0.3, 0.4) is 0 Å². The number of pyridine rings is 1. The summed E-state index contributed by atoms with van der Waals surface area (Å²) in [5.41, 5.74) is 1.38. The number of anilines is 1. The summed E-state index contributed by atoms with van der Waals surface area (Å²) in [6.45, 7) is 0. The van der Waals surface area contributed by atoms with Crippen molar-refractivity contribution >= 4 is 32.4 Å². The molecule has 0 aliphatic heterocycles. The summed E-state index contributed by atoms with van der Waals surface area (Å²) < 4.78 is 28.7. The highest BCUT2D eigenvalue weighted by Gasteiger charge is 2.21. The molecule has 0 bridgehead atoms. The van der Waals surface area contributed by atoms with Gasteiger partial charge in [-0.05, 0) is 24.3 Å². The zero-order chi connectivity index (χ0) is 19.6. The van der Waals surface area contributed by atoms with Crippen LogP contribution in [-0.2, 0) is 10.0 Å². The van der Waals surface area contributed by atoms with E-state index in [4.69, 9.17) is 0 Å². The number of para-hydroxylation sites is 2. The Morgan fingerprint density at radius 1 is 0.786 bits per heavy atom. The molecule has 0 aliphatic rings. The Labute approximate surface area is 162 Å². The van der Waals surface area contributed by atoms with Gasteiger partial charge in [0.15, 0.2) is 5.78 Å². The fraction of sp³-hybridized carbons (Fsp3) is 0. The van der Waals surface area contributed by atoms with E-state index in [1.54, 1.807) is 79.0 Å². The molecule has 4 rings (SSSR count). The molecule has 6 heteroatoms. The summed E-state index contributed by atoms with van der Waals surface area (Å²) in [6.07, 6.45) is 1.55. The Kier molecular flexibility index (Phi) is 4.63. The molecule has 4 aromatic rings. The lowest BCUT2D eigenvalue weighted by Crippen LogP contribution is -2.16. The lowest BCUT2D eigenvalue weighted by atomic mass is 10.0. The van der Waals surface area contributed by atoms with Gasteiger partial charge in [0.05, 0.1) is 11.2 Å². The van der Waals surface area contributed by atoms with Crippen molar-refractivity contribution in [3.05, 3.63) is 102 Å². The fourth-order valence-corrected chi connectivity index (χ4v) is 4.27. The van der Waals surface area contributed by atoms with Crippen molar-refractivity contribution < 1.29 is 13.2 Å². The van der Waals surface area contributed by atoms with E-state index >= 15 is 0 Å². The van der Waals surface area contributed by atoms with E-state index in [0.717, 1.165) is 5.39 Å². The van der Waals surface area contributed by atoms with E-state index in [1.807, 2.05) is 6.07 Å². The van der Waals surface area contributed by atoms with Gasteiger partial charge >= 0.3 is 0 Å². The SMILES string of the molecule is O=C(c1ccccc1)c1ccccc1NS(=O)(=O)c1cccc2cccnc12. The maximum Gasteiger partial charge on any atom is 0.264 e. The summed E-state index contributed by atoms with van der Waals surface area (Å²) in [7, 11) is -3.94. The smallest absolute Gasteiger partial charge is 0.264 e. The minimum atomic E-state index is -3.94. The lowest BCUT2D eigenvalue weighted by Gasteiger charge is -2.13. The van der Waals surface area contributed by atoms with Gasteiger partial charge in [-0.15, -0.1) is 0 Å². The highest BCUT2D eigenvalue weighted by Crippen LogP contribution is 2.26. The first-order chi connectivity index (χ1) is 13.6. The molecule has 0 radical (unpaired) electrons. The Balaban J connectivity index is 1.76. The second-order valence-electron chi connectivity index (χ2n) is 6.18. The standard InChI is InChI=1S/C22H16N2O3S/c25-22(17-8-2-1-3-9-17)18-12-4-5-13-19(18)24-28(26,27)20-14-6-10-16-11-7-15-23-21(16)20/h1-15,24H. The number of hydrogen-bond acceptors (Lipinski definition) is 4. The van der Waals surface area contributed by atoms with Gasteiger partial charge in [-0.25, -0.2) is 8.42 Å². The van der Waals surface area contributed by atoms with Gasteiger partial charge < -0.3 is 0 Å². The van der Waals surface area contributed by atoms with E-state index in [0.29, 0.717) is 11.1 Å². The Bertz CT molecular complexity index is 1260. The monoisotopic (exact) mass is 388 g/mol. The first kappa shape index (κ1) is 17.9. The molecule has 0 spiro atoms. The third-order valence-corrected chi connectivity index (χ3v) is 5.73. The van der Waals surface area contributed by atoms with Crippen LogP contribution < -0.4 is 4.72 Å². The molecule has 0 aliphatic carbocycles. The van der Waals surface area contributed by atoms with Gasteiger partial charge in [0.25, 0.3) is 10.0 Å². The number of benzene rings is 3. The molecule has 1 heterocycles. The van der Waals surface area contributed by atoms with E-state index < -0.39 is 10.0 Å². The van der Waals surface area contributed by atoms with Crippen LogP contribution in [-0.4, -0.2) is 19.2 Å². The molecule has 0 fully saturated rings. The molecule has 0 saturated heterocycles. The number of nitrogens with zero attached hydrogens (tertiary/aromatic N) is 1. The van der Waals surface area contributed by atoms with Gasteiger partial charge in [0.1, 0.15) is 4.90 Å². The van der Waals surface area contributed by atoms with Crippen molar-refractivity contribution in [2.75, 3.05) is 4.72 Å². The maximum absolute atomic E-state index is 13.1. The van der Waals surface area contributed by atoms with Crippen molar-refractivity contribution in [2.45, 2.75) is 4.90 Å². The number of rotatable bonds is 5. The average molecular weight is 388 g/mol. The number of sulfonamides is 1. The van der Waals surface area contributed by atoms with Crippen LogP contribution in [0.15, 0.2) is 96.0 Å². The maximum atomic E-state index is 13.1. The predicted molar refractivity (Wildman–Crippen MR) is 109 cm³/mol. The highest BCUT2D eigenvalue weighted by atomic mass is 32.2. The molecule has 1 aromatic heterocycles. The lowest BCUT2D eigenvalue weighted by molar-refractivity contribution is 0.103. The van der Waals surface area contributed by atoms with Crippen LogP contribution in [0.25, 0.3) is 10.9 Å². The molecule has 28 heavy (non-hydrogen) atoms. The molecule has 5 nitrogen and oxygen atoms in total. The summed E-state index contributed by atoms with van der Waals surface area (Å²) in [5.74, 6) is -0.255. The molecule has 3 aromatic carbocycles. The number of aromatic nitrogens is 1. The molecule has 138 valence electrons. The number of hydrogen-bond donors (Lipinski definition) is 1. The van der Waals surface area contributed by atoms with E-state index in [-0.39, 0.29) is 21.9 Å². The molecular weight excluding hydrogens is 372 g/mol. The summed E-state index contributed by atoms with van der Waals surface area (Å²) in [5, 5.41) is 0.721. The number of ketones is 1. The molecule has 1 N–H and O–H groups in total. The van der Waals surface area contributed by atoms with Crippen LogP contribution in [0.5, 0.6) is 0 Å². The Morgan fingerprint density at radius 3 is 2.32 bits per heavy atom. The number of fused-ring (bicyclic) bond motifs is 1. The van der Waals surface area contributed by atoms with Gasteiger partial charge in [0, 0.05) is 22.7 Å². The minimum absolute atomic E-state index is 0.0626. The van der Waals surface area contributed by atoms with Crippen LogP contribution in [0.4, 0.5) is 5.69 Å². The zero-order valence-electron chi connectivity index (χ0n) is 14.7. The Morgan fingerprint density at radius 2 is 1.50 bits per heavy atom. The Hall–Kier alpha value is -3.51. The fourth-order valence-electron chi connectivity index (χ4n) is 3.01. The van der Waals surface area contributed by atoms with Crippen LogP contribution in [0, 0.1) is 0 Å². The summed E-state index contributed by atoms with van der Waals surface area (Å²) in [4.78, 5) is 17.1. The third kappa shape index (κ3) is 3.37. The third-order valence-electron chi connectivity index (χ3n) is 4.34. The van der Waals surface area contributed by atoms with Gasteiger partial charge in [-0.3, -0.25) is 14.5 Å². The minimum Gasteiger partial charge on any atom is -0.289 e. The quantitative estimate of drug-likeness (QED) is 0.518. The number of carbonyl (C=O) groups is 1. The molecular formula is C22H16N2O3S. The molecule has 0 saturated carbocycles. The number of carbonyl (C=O) groups excluding carboxylic acids is 1. The normalized spacial score (nSPS) is 11.3. The topological polar surface area (TPSA) is 76.1 Å². The predicted octanol–water partition coefficient (Wildman–Crippen LogP) is 4.27. The van der Waals surface area contributed by atoms with Gasteiger partial charge in [0.2, 0.25) is 0 Å². The number of nitrogens with one attached hydrogen (secondary N) is 1. The molecule has 0 amide bonds.